The minimum absolute atomic E-state index is 0.132. The van der Waals surface area contributed by atoms with Gasteiger partial charge in [-0.15, -0.1) is 0 Å². The van der Waals surface area contributed by atoms with E-state index in [9.17, 15) is 5.11 Å². The molecule has 0 bridgehead atoms. The van der Waals surface area contributed by atoms with Gasteiger partial charge in [0.25, 0.3) is 0 Å². The minimum atomic E-state index is -0.678. The van der Waals surface area contributed by atoms with Crippen molar-refractivity contribution in [2.75, 3.05) is 26.9 Å². The van der Waals surface area contributed by atoms with Crippen molar-refractivity contribution in [3.8, 4) is 11.5 Å². The van der Waals surface area contributed by atoms with Gasteiger partial charge < -0.3 is 25.1 Å². The second-order valence-electron chi connectivity index (χ2n) is 4.59. The van der Waals surface area contributed by atoms with Crippen LogP contribution >= 0.6 is 0 Å². The molecule has 1 aromatic carbocycles. The van der Waals surface area contributed by atoms with Gasteiger partial charge >= 0.3 is 0 Å². The van der Waals surface area contributed by atoms with Gasteiger partial charge in [-0.1, -0.05) is 6.07 Å². The minimum Gasteiger partial charge on any atom is -0.493 e. The van der Waals surface area contributed by atoms with Gasteiger partial charge in [0.15, 0.2) is 11.5 Å². The summed E-state index contributed by atoms with van der Waals surface area (Å²) in [7, 11) is 1.60. The van der Waals surface area contributed by atoms with Gasteiger partial charge in [-0.3, -0.25) is 0 Å². The van der Waals surface area contributed by atoms with Crippen molar-refractivity contribution < 1.29 is 19.3 Å². The molecular weight excluding hydrogens is 246 g/mol. The molecule has 0 aromatic heterocycles. The number of methoxy groups -OCH3 is 1. The molecule has 1 aliphatic rings. The summed E-state index contributed by atoms with van der Waals surface area (Å²) in [6.45, 7) is 1.62. The van der Waals surface area contributed by atoms with E-state index in [0.29, 0.717) is 11.5 Å². The van der Waals surface area contributed by atoms with E-state index in [2.05, 4.69) is 0 Å². The summed E-state index contributed by atoms with van der Waals surface area (Å²) in [5, 5.41) is 9.78. The standard InChI is InChI=1S/C14H21NO4/c1-17-13-3-2-10(12(16)9-15)8-14(13)19-11-4-6-18-7-5-11/h2-3,8,11-12,16H,4-7,9,15H2,1H3. The van der Waals surface area contributed by atoms with Crippen molar-refractivity contribution in [2.45, 2.75) is 25.0 Å². The van der Waals surface area contributed by atoms with Crippen molar-refractivity contribution in [3.63, 3.8) is 0 Å². The SMILES string of the molecule is COc1ccc(C(O)CN)cc1OC1CCOCC1. The Hall–Kier alpha value is -1.30. The Kier molecular flexibility index (Phi) is 5.01. The molecule has 0 radical (unpaired) electrons. The lowest BCUT2D eigenvalue weighted by atomic mass is 10.1. The predicted octanol–water partition coefficient (Wildman–Crippen LogP) is 1.25. The molecule has 1 aliphatic heterocycles. The topological polar surface area (TPSA) is 73.9 Å². The third kappa shape index (κ3) is 3.59. The van der Waals surface area contributed by atoms with Crippen LogP contribution in [0.2, 0.25) is 0 Å². The van der Waals surface area contributed by atoms with E-state index in [1.807, 2.05) is 0 Å². The van der Waals surface area contributed by atoms with Crippen LogP contribution in [-0.4, -0.2) is 38.1 Å². The fourth-order valence-corrected chi connectivity index (χ4v) is 2.10. The zero-order chi connectivity index (χ0) is 13.7. The van der Waals surface area contributed by atoms with Gasteiger partial charge in [0.2, 0.25) is 0 Å². The van der Waals surface area contributed by atoms with Gasteiger partial charge in [-0.05, 0) is 17.7 Å². The number of hydrogen-bond donors (Lipinski definition) is 2. The quantitative estimate of drug-likeness (QED) is 0.839. The Morgan fingerprint density at radius 1 is 1.37 bits per heavy atom. The molecule has 0 spiro atoms. The molecule has 3 N–H and O–H groups in total. The van der Waals surface area contributed by atoms with Crippen molar-refractivity contribution in [1.29, 1.82) is 0 Å². The molecule has 19 heavy (non-hydrogen) atoms. The van der Waals surface area contributed by atoms with E-state index in [4.69, 9.17) is 19.9 Å². The monoisotopic (exact) mass is 267 g/mol. The zero-order valence-electron chi connectivity index (χ0n) is 11.2. The van der Waals surface area contributed by atoms with E-state index >= 15 is 0 Å². The molecule has 5 nitrogen and oxygen atoms in total. The van der Waals surface area contributed by atoms with E-state index in [1.165, 1.54) is 0 Å². The average molecular weight is 267 g/mol. The average Bonchev–Trinajstić information content (AvgIpc) is 2.47. The van der Waals surface area contributed by atoms with Crippen LogP contribution < -0.4 is 15.2 Å². The second-order valence-corrected chi connectivity index (χ2v) is 4.59. The lowest BCUT2D eigenvalue weighted by molar-refractivity contribution is 0.0244. The number of rotatable bonds is 5. The third-order valence-corrected chi connectivity index (χ3v) is 3.26. The highest BCUT2D eigenvalue weighted by Gasteiger charge is 2.18. The van der Waals surface area contributed by atoms with Crippen LogP contribution in [0.1, 0.15) is 24.5 Å². The Morgan fingerprint density at radius 2 is 2.11 bits per heavy atom. The first-order valence-corrected chi connectivity index (χ1v) is 6.55. The highest BCUT2D eigenvalue weighted by atomic mass is 16.5. The van der Waals surface area contributed by atoms with E-state index < -0.39 is 6.10 Å². The summed E-state index contributed by atoms with van der Waals surface area (Å²) in [6, 6.07) is 5.39. The van der Waals surface area contributed by atoms with Crippen LogP contribution in [0.5, 0.6) is 11.5 Å². The first kappa shape index (κ1) is 14.1. The lowest BCUT2D eigenvalue weighted by Crippen LogP contribution is -2.26. The fourth-order valence-electron chi connectivity index (χ4n) is 2.10. The maximum atomic E-state index is 9.78. The Labute approximate surface area is 113 Å². The first-order chi connectivity index (χ1) is 9.24. The summed E-state index contributed by atoms with van der Waals surface area (Å²) >= 11 is 0. The van der Waals surface area contributed by atoms with Gasteiger partial charge in [0.1, 0.15) is 6.10 Å². The molecule has 1 saturated heterocycles. The second kappa shape index (κ2) is 6.75. The Morgan fingerprint density at radius 3 is 2.74 bits per heavy atom. The largest absolute Gasteiger partial charge is 0.493 e. The third-order valence-electron chi connectivity index (χ3n) is 3.26. The van der Waals surface area contributed by atoms with Crippen LogP contribution in [-0.2, 0) is 4.74 Å². The van der Waals surface area contributed by atoms with Gasteiger partial charge in [-0.2, -0.15) is 0 Å². The molecule has 106 valence electrons. The molecule has 0 saturated carbocycles. The van der Waals surface area contributed by atoms with Crippen LogP contribution in [0.25, 0.3) is 0 Å². The summed E-state index contributed by atoms with van der Waals surface area (Å²) in [5.41, 5.74) is 6.21. The molecule has 1 unspecified atom stereocenters. The predicted molar refractivity (Wildman–Crippen MR) is 71.5 cm³/mol. The molecule has 5 heteroatoms. The lowest BCUT2D eigenvalue weighted by Gasteiger charge is -2.24. The van der Waals surface area contributed by atoms with Gasteiger partial charge in [0.05, 0.1) is 26.4 Å². The highest BCUT2D eigenvalue weighted by molar-refractivity contribution is 5.43. The van der Waals surface area contributed by atoms with Crippen LogP contribution in [0.3, 0.4) is 0 Å². The molecule has 2 rings (SSSR count). The molecular formula is C14H21NO4. The fraction of sp³-hybridized carbons (Fsp3) is 0.571. The van der Waals surface area contributed by atoms with Crippen LogP contribution in [0, 0.1) is 0 Å². The maximum Gasteiger partial charge on any atom is 0.161 e. The van der Waals surface area contributed by atoms with Crippen LogP contribution in [0.15, 0.2) is 18.2 Å². The summed E-state index contributed by atoms with van der Waals surface area (Å²) in [6.07, 6.45) is 1.19. The van der Waals surface area contributed by atoms with Crippen molar-refractivity contribution >= 4 is 0 Å². The number of aliphatic hydroxyl groups is 1. The normalized spacial score (nSPS) is 18.1. The van der Waals surface area contributed by atoms with Gasteiger partial charge in [0, 0.05) is 19.4 Å². The molecule has 1 heterocycles. The number of hydrogen-bond acceptors (Lipinski definition) is 5. The number of ether oxygens (including phenoxy) is 3. The summed E-state index contributed by atoms with van der Waals surface area (Å²) < 4.78 is 16.5. The first-order valence-electron chi connectivity index (χ1n) is 6.55. The zero-order valence-corrected chi connectivity index (χ0v) is 11.2. The Bertz CT molecular complexity index is 404. The van der Waals surface area contributed by atoms with E-state index in [1.54, 1.807) is 25.3 Å². The Balaban J connectivity index is 2.15. The van der Waals surface area contributed by atoms with Crippen molar-refractivity contribution in [1.82, 2.24) is 0 Å². The maximum absolute atomic E-state index is 9.78. The molecule has 1 atom stereocenters. The van der Waals surface area contributed by atoms with E-state index in [0.717, 1.165) is 31.6 Å². The highest BCUT2D eigenvalue weighted by Crippen LogP contribution is 2.32. The smallest absolute Gasteiger partial charge is 0.161 e. The molecule has 0 amide bonds. The summed E-state index contributed by atoms with van der Waals surface area (Å²) in [5.74, 6) is 1.32. The molecule has 1 fully saturated rings. The van der Waals surface area contributed by atoms with Crippen molar-refractivity contribution in [2.24, 2.45) is 5.73 Å². The molecule has 0 aliphatic carbocycles. The van der Waals surface area contributed by atoms with Crippen molar-refractivity contribution in [3.05, 3.63) is 23.8 Å². The van der Waals surface area contributed by atoms with E-state index in [-0.39, 0.29) is 12.6 Å². The number of benzene rings is 1. The number of nitrogens with two attached hydrogens (primary N) is 1. The van der Waals surface area contributed by atoms with Crippen LogP contribution in [0.4, 0.5) is 0 Å². The number of aliphatic hydroxyl groups excluding tert-OH is 1. The van der Waals surface area contributed by atoms with Gasteiger partial charge in [-0.25, -0.2) is 0 Å². The molecule has 1 aromatic rings. The summed E-state index contributed by atoms with van der Waals surface area (Å²) in [4.78, 5) is 0.